The van der Waals surface area contributed by atoms with Crippen molar-refractivity contribution >= 4 is 11.9 Å². The van der Waals surface area contributed by atoms with Crippen LogP contribution >= 0.6 is 0 Å². The molecule has 0 saturated heterocycles. The maximum atomic E-state index is 11.3. The van der Waals surface area contributed by atoms with Crippen molar-refractivity contribution in [3.05, 3.63) is 0 Å². The summed E-state index contributed by atoms with van der Waals surface area (Å²) in [5.41, 5.74) is -0.467. The van der Waals surface area contributed by atoms with E-state index in [2.05, 4.69) is 4.74 Å². The molecule has 0 radical (unpaired) electrons. The molecular formula is C11H20O4. The van der Waals surface area contributed by atoms with Crippen LogP contribution in [0.5, 0.6) is 0 Å². The summed E-state index contributed by atoms with van der Waals surface area (Å²) in [5.74, 6) is -0.834. The number of carbonyl (C=O) groups is 2. The third-order valence-corrected chi connectivity index (χ3v) is 1.81. The highest BCUT2D eigenvalue weighted by molar-refractivity contribution is 5.74. The van der Waals surface area contributed by atoms with Gasteiger partial charge in [0.2, 0.25) is 0 Å². The molecule has 0 spiro atoms. The highest BCUT2D eigenvalue weighted by atomic mass is 16.6. The Morgan fingerprint density at radius 3 is 2.20 bits per heavy atom. The summed E-state index contributed by atoms with van der Waals surface area (Å²) in [6.07, 6.45) is 0.703. The van der Waals surface area contributed by atoms with E-state index in [9.17, 15) is 9.59 Å². The van der Waals surface area contributed by atoms with Gasteiger partial charge in [-0.15, -0.1) is 0 Å². The third-order valence-electron chi connectivity index (χ3n) is 1.81. The summed E-state index contributed by atoms with van der Waals surface area (Å²) in [6.45, 7) is 7.17. The quantitative estimate of drug-likeness (QED) is 0.674. The van der Waals surface area contributed by atoms with Crippen LogP contribution in [0, 0.1) is 5.92 Å². The van der Waals surface area contributed by atoms with Crippen molar-refractivity contribution in [3.8, 4) is 0 Å². The number of methoxy groups -OCH3 is 1. The number of ether oxygens (including phenoxy) is 2. The Labute approximate surface area is 90.9 Å². The SMILES string of the molecule is COC(=O)[C@@H](C)CCC(=O)OC(C)(C)C. The van der Waals surface area contributed by atoms with Gasteiger partial charge in [-0.2, -0.15) is 0 Å². The minimum atomic E-state index is -0.467. The molecule has 0 heterocycles. The van der Waals surface area contributed by atoms with E-state index in [0.717, 1.165) is 0 Å². The zero-order chi connectivity index (χ0) is 12.1. The molecule has 88 valence electrons. The topological polar surface area (TPSA) is 52.6 Å². The van der Waals surface area contributed by atoms with Crippen molar-refractivity contribution < 1.29 is 19.1 Å². The lowest BCUT2D eigenvalue weighted by atomic mass is 10.1. The smallest absolute Gasteiger partial charge is 0.308 e. The largest absolute Gasteiger partial charge is 0.469 e. The monoisotopic (exact) mass is 216 g/mol. The molecule has 0 amide bonds. The van der Waals surface area contributed by atoms with E-state index in [1.54, 1.807) is 6.92 Å². The number of rotatable bonds is 4. The summed E-state index contributed by atoms with van der Waals surface area (Å²) in [5, 5.41) is 0. The first-order valence-corrected chi connectivity index (χ1v) is 5.06. The molecule has 15 heavy (non-hydrogen) atoms. The second-order valence-corrected chi connectivity index (χ2v) is 4.55. The van der Waals surface area contributed by atoms with E-state index in [1.807, 2.05) is 20.8 Å². The average molecular weight is 216 g/mol. The number of hydrogen-bond acceptors (Lipinski definition) is 4. The fourth-order valence-electron chi connectivity index (χ4n) is 1.05. The van der Waals surface area contributed by atoms with Gasteiger partial charge in [0.1, 0.15) is 5.60 Å². The molecule has 0 aliphatic carbocycles. The summed E-state index contributed by atoms with van der Waals surface area (Å²) < 4.78 is 9.66. The average Bonchev–Trinajstić information content (AvgIpc) is 2.10. The van der Waals surface area contributed by atoms with E-state index in [-0.39, 0.29) is 24.3 Å². The predicted octanol–water partition coefficient (Wildman–Crippen LogP) is 1.92. The van der Waals surface area contributed by atoms with Crippen molar-refractivity contribution in [3.63, 3.8) is 0 Å². The first kappa shape index (κ1) is 13.9. The van der Waals surface area contributed by atoms with Gasteiger partial charge in [0.05, 0.1) is 13.0 Å². The Morgan fingerprint density at radius 2 is 1.80 bits per heavy atom. The van der Waals surface area contributed by atoms with Gasteiger partial charge in [-0.05, 0) is 27.2 Å². The second-order valence-electron chi connectivity index (χ2n) is 4.55. The molecule has 0 aliphatic rings. The Hall–Kier alpha value is -1.06. The molecule has 0 N–H and O–H groups in total. The van der Waals surface area contributed by atoms with Crippen LogP contribution in [0.3, 0.4) is 0 Å². The van der Waals surface area contributed by atoms with Crippen LogP contribution in [0.4, 0.5) is 0 Å². The van der Waals surface area contributed by atoms with Gasteiger partial charge in [0.15, 0.2) is 0 Å². The van der Waals surface area contributed by atoms with E-state index in [1.165, 1.54) is 7.11 Å². The van der Waals surface area contributed by atoms with Crippen molar-refractivity contribution in [1.82, 2.24) is 0 Å². The Kier molecular flexibility index (Phi) is 5.33. The molecule has 0 bridgehead atoms. The highest BCUT2D eigenvalue weighted by Crippen LogP contribution is 2.12. The van der Waals surface area contributed by atoms with Gasteiger partial charge in [0.25, 0.3) is 0 Å². The molecule has 0 aromatic carbocycles. The number of carbonyl (C=O) groups excluding carboxylic acids is 2. The van der Waals surface area contributed by atoms with Crippen LogP contribution in [0.15, 0.2) is 0 Å². The maximum Gasteiger partial charge on any atom is 0.308 e. The van der Waals surface area contributed by atoms with Crippen LogP contribution in [-0.4, -0.2) is 24.6 Å². The molecule has 0 rings (SSSR count). The van der Waals surface area contributed by atoms with Gasteiger partial charge in [-0.25, -0.2) is 0 Å². The highest BCUT2D eigenvalue weighted by Gasteiger charge is 2.19. The fourth-order valence-corrected chi connectivity index (χ4v) is 1.05. The van der Waals surface area contributed by atoms with E-state index >= 15 is 0 Å². The Bertz CT molecular complexity index is 227. The number of esters is 2. The van der Waals surface area contributed by atoms with Crippen molar-refractivity contribution in [2.75, 3.05) is 7.11 Å². The van der Waals surface area contributed by atoms with Crippen LogP contribution < -0.4 is 0 Å². The van der Waals surface area contributed by atoms with Gasteiger partial charge in [-0.3, -0.25) is 9.59 Å². The zero-order valence-electron chi connectivity index (χ0n) is 10.1. The molecule has 1 atom stereocenters. The standard InChI is InChI=1S/C11H20O4/c1-8(10(13)14-5)6-7-9(12)15-11(2,3)4/h8H,6-7H2,1-5H3/t8-/m0/s1. The van der Waals surface area contributed by atoms with Crippen LogP contribution in [0.1, 0.15) is 40.5 Å². The maximum absolute atomic E-state index is 11.3. The van der Waals surface area contributed by atoms with Gasteiger partial charge >= 0.3 is 11.9 Å². The van der Waals surface area contributed by atoms with E-state index < -0.39 is 5.60 Å². The molecule has 0 saturated carbocycles. The van der Waals surface area contributed by atoms with Crippen molar-refractivity contribution in [2.24, 2.45) is 5.92 Å². The lowest BCUT2D eigenvalue weighted by molar-refractivity contribution is -0.155. The van der Waals surface area contributed by atoms with Crippen LogP contribution in [0.25, 0.3) is 0 Å². The van der Waals surface area contributed by atoms with E-state index in [0.29, 0.717) is 6.42 Å². The summed E-state index contributed by atoms with van der Waals surface area (Å²) in [6, 6.07) is 0. The predicted molar refractivity (Wildman–Crippen MR) is 56.3 cm³/mol. The summed E-state index contributed by atoms with van der Waals surface area (Å²) >= 11 is 0. The zero-order valence-corrected chi connectivity index (χ0v) is 10.1. The number of hydrogen-bond donors (Lipinski definition) is 0. The molecule has 4 nitrogen and oxygen atoms in total. The van der Waals surface area contributed by atoms with E-state index in [4.69, 9.17) is 4.74 Å². The third kappa shape index (κ3) is 6.94. The van der Waals surface area contributed by atoms with Crippen molar-refractivity contribution in [1.29, 1.82) is 0 Å². The first-order valence-electron chi connectivity index (χ1n) is 5.06. The summed E-state index contributed by atoms with van der Waals surface area (Å²) in [7, 11) is 1.34. The lowest BCUT2D eigenvalue weighted by Gasteiger charge is -2.19. The summed E-state index contributed by atoms with van der Waals surface area (Å²) in [4.78, 5) is 22.3. The van der Waals surface area contributed by atoms with Crippen molar-refractivity contribution in [2.45, 2.75) is 46.1 Å². The normalized spacial score (nSPS) is 13.1. The second kappa shape index (κ2) is 5.73. The molecule has 0 aromatic heterocycles. The minimum absolute atomic E-state index is 0.244. The molecule has 0 fully saturated rings. The molecule has 0 unspecified atom stereocenters. The van der Waals surface area contributed by atoms with Gasteiger partial charge in [-0.1, -0.05) is 6.92 Å². The van der Waals surface area contributed by atoms with Crippen LogP contribution in [0.2, 0.25) is 0 Å². The first-order chi connectivity index (χ1) is 6.76. The fraction of sp³-hybridized carbons (Fsp3) is 0.818. The molecule has 0 aliphatic heterocycles. The van der Waals surface area contributed by atoms with Gasteiger partial charge < -0.3 is 9.47 Å². The van der Waals surface area contributed by atoms with Crippen LogP contribution in [-0.2, 0) is 19.1 Å². The minimum Gasteiger partial charge on any atom is -0.469 e. The Balaban J connectivity index is 3.86. The lowest BCUT2D eigenvalue weighted by Crippen LogP contribution is -2.24. The molecule has 4 heteroatoms. The Morgan fingerprint density at radius 1 is 1.27 bits per heavy atom. The molecular weight excluding hydrogens is 196 g/mol. The van der Waals surface area contributed by atoms with Gasteiger partial charge in [0, 0.05) is 6.42 Å². The molecule has 0 aromatic rings.